The predicted molar refractivity (Wildman–Crippen MR) is 104 cm³/mol. The zero-order valence-corrected chi connectivity index (χ0v) is 16.5. The van der Waals surface area contributed by atoms with Crippen molar-refractivity contribution in [3.8, 4) is 5.69 Å². The molecule has 7 nitrogen and oxygen atoms in total. The van der Waals surface area contributed by atoms with E-state index in [0.29, 0.717) is 38.5 Å². The number of alkyl halides is 3. The van der Waals surface area contributed by atoms with E-state index in [1.165, 1.54) is 35.4 Å². The summed E-state index contributed by atoms with van der Waals surface area (Å²) < 4.78 is 45.2. The van der Waals surface area contributed by atoms with Gasteiger partial charge >= 0.3 is 17.8 Å². The van der Waals surface area contributed by atoms with Crippen LogP contribution in [0.15, 0.2) is 33.9 Å². The van der Waals surface area contributed by atoms with Gasteiger partial charge in [0, 0.05) is 24.9 Å². The topological polar surface area (TPSA) is 94.2 Å². The van der Waals surface area contributed by atoms with Gasteiger partial charge in [0.1, 0.15) is 5.69 Å². The lowest BCUT2D eigenvalue weighted by Crippen LogP contribution is -2.40. The van der Waals surface area contributed by atoms with Gasteiger partial charge in [0.05, 0.1) is 21.8 Å². The van der Waals surface area contributed by atoms with Crippen LogP contribution in [0.3, 0.4) is 0 Å². The Hall–Kier alpha value is -2.60. The molecule has 0 aliphatic carbocycles. The summed E-state index contributed by atoms with van der Waals surface area (Å²) in [6.07, 6.45) is -4.35. The third kappa shape index (κ3) is 4.37. The fraction of sp³-hybridized carbons (Fsp3) is 0.294. The SMILES string of the molecule is Cn1c(C(F)(F)F)cc(=O)n(-c2ccc3snc(CCSCC(=O)O)c3c2)c1=O. The molecular formula is C17H14F3N3O4S2. The summed E-state index contributed by atoms with van der Waals surface area (Å²) in [5.41, 5.74) is -2.70. The Bertz CT molecular complexity index is 1200. The standard InChI is InChI=1S/C17H14F3N3O4S2/c1-22-13(17(18,19)20)7-14(24)23(16(22)27)9-2-3-12-10(6-9)11(21-29-12)4-5-28-8-15(25)26/h2-3,6-7H,4-5,8H2,1H3,(H,25,26). The molecule has 0 unspecified atom stereocenters. The van der Waals surface area contributed by atoms with E-state index in [0.717, 1.165) is 11.7 Å². The highest BCUT2D eigenvalue weighted by Gasteiger charge is 2.35. The van der Waals surface area contributed by atoms with Crippen LogP contribution in [0.1, 0.15) is 11.4 Å². The zero-order valence-electron chi connectivity index (χ0n) is 14.9. The normalized spacial score (nSPS) is 11.9. The first-order valence-electron chi connectivity index (χ1n) is 8.18. The zero-order chi connectivity index (χ0) is 21.3. The van der Waals surface area contributed by atoms with Gasteiger partial charge in [-0.3, -0.25) is 14.2 Å². The van der Waals surface area contributed by atoms with E-state index in [4.69, 9.17) is 5.11 Å². The number of aliphatic carboxylic acids is 1. The van der Waals surface area contributed by atoms with Crippen molar-refractivity contribution >= 4 is 39.3 Å². The van der Waals surface area contributed by atoms with Crippen LogP contribution in [0.2, 0.25) is 0 Å². The van der Waals surface area contributed by atoms with Crippen molar-refractivity contribution in [2.24, 2.45) is 7.05 Å². The number of halogens is 3. The molecule has 0 spiro atoms. The second-order valence-corrected chi connectivity index (χ2v) is 7.96. The third-order valence-electron chi connectivity index (χ3n) is 4.11. The summed E-state index contributed by atoms with van der Waals surface area (Å²) in [6.45, 7) is 0. The summed E-state index contributed by atoms with van der Waals surface area (Å²) in [7, 11) is 0.955. The number of carbonyl (C=O) groups is 1. The third-order valence-corrected chi connectivity index (χ3v) is 5.91. The molecule has 0 fully saturated rings. The van der Waals surface area contributed by atoms with Crippen LogP contribution in [0.4, 0.5) is 13.2 Å². The molecule has 2 aromatic heterocycles. The molecule has 0 saturated heterocycles. The molecule has 154 valence electrons. The van der Waals surface area contributed by atoms with Crippen molar-refractivity contribution in [1.82, 2.24) is 13.5 Å². The molecule has 0 radical (unpaired) electrons. The van der Waals surface area contributed by atoms with Crippen LogP contribution >= 0.6 is 23.3 Å². The fourth-order valence-corrected chi connectivity index (χ4v) is 4.22. The van der Waals surface area contributed by atoms with Crippen molar-refractivity contribution in [3.05, 3.63) is 56.5 Å². The van der Waals surface area contributed by atoms with E-state index >= 15 is 0 Å². The molecule has 3 rings (SSSR count). The molecule has 0 aliphatic heterocycles. The number of hydrogen-bond acceptors (Lipinski definition) is 6. The Balaban J connectivity index is 2.02. The van der Waals surface area contributed by atoms with Crippen LogP contribution in [-0.4, -0.2) is 36.1 Å². The smallest absolute Gasteiger partial charge is 0.431 e. The van der Waals surface area contributed by atoms with Crippen molar-refractivity contribution in [1.29, 1.82) is 0 Å². The Morgan fingerprint density at radius 2 is 2.00 bits per heavy atom. The number of carboxylic acid groups (broad SMARTS) is 1. The molecule has 12 heteroatoms. The van der Waals surface area contributed by atoms with Gasteiger partial charge in [-0.05, 0) is 35.5 Å². The molecule has 3 aromatic rings. The summed E-state index contributed by atoms with van der Waals surface area (Å²) in [5, 5.41) is 9.34. The second kappa shape index (κ2) is 8.03. The molecule has 0 amide bonds. The minimum Gasteiger partial charge on any atom is -0.481 e. The van der Waals surface area contributed by atoms with Crippen molar-refractivity contribution in [2.75, 3.05) is 11.5 Å². The van der Waals surface area contributed by atoms with Gasteiger partial charge < -0.3 is 5.11 Å². The van der Waals surface area contributed by atoms with Crippen LogP contribution in [0.25, 0.3) is 15.8 Å². The highest BCUT2D eigenvalue weighted by molar-refractivity contribution is 7.99. The Morgan fingerprint density at radius 3 is 2.66 bits per heavy atom. The number of carboxylic acids is 1. The number of hydrogen-bond donors (Lipinski definition) is 1. The largest absolute Gasteiger partial charge is 0.481 e. The van der Waals surface area contributed by atoms with Crippen LogP contribution < -0.4 is 11.2 Å². The Morgan fingerprint density at radius 1 is 1.28 bits per heavy atom. The van der Waals surface area contributed by atoms with Gasteiger partial charge in [-0.1, -0.05) is 0 Å². The van der Waals surface area contributed by atoms with Crippen LogP contribution in [0.5, 0.6) is 0 Å². The first-order chi connectivity index (χ1) is 13.6. The predicted octanol–water partition coefficient (Wildman–Crippen LogP) is 2.52. The van der Waals surface area contributed by atoms with E-state index in [2.05, 4.69) is 4.37 Å². The number of nitrogens with zero attached hydrogens (tertiary/aromatic N) is 3. The maximum atomic E-state index is 13.0. The molecular weight excluding hydrogens is 431 g/mol. The van der Waals surface area contributed by atoms with Crippen LogP contribution in [-0.2, 0) is 24.4 Å². The van der Waals surface area contributed by atoms with Gasteiger partial charge in [0.25, 0.3) is 5.56 Å². The summed E-state index contributed by atoms with van der Waals surface area (Å²) >= 11 is 2.43. The molecule has 0 bridgehead atoms. The van der Waals surface area contributed by atoms with E-state index in [1.807, 2.05) is 0 Å². The highest BCUT2D eigenvalue weighted by atomic mass is 32.2. The number of rotatable bonds is 6. The van der Waals surface area contributed by atoms with Gasteiger partial charge in [-0.15, -0.1) is 11.8 Å². The highest BCUT2D eigenvalue weighted by Crippen LogP contribution is 2.28. The average molecular weight is 445 g/mol. The maximum Gasteiger partial charge on any atom is 0.431 e. The lowest BCUT2D eigenvalue weighted by Gasteiger charge is -2.14. The monoisotopic (exact) mass is 445 g/mol. The van der Waals surface area contributed by atoms with Gasteiger partial charge in [0.2, 0.25) is 0 Å². The molecule has 0 aliphatic rings. The molecule has 1 aromatic carbocycles. The first-order valence-corrected chi connectivity index (χ1v) is 10.1. The van der Waals surface area contributed by atoms with E-state index in [9.17, 15) is 27.6 Å². The second-order valence-electron chi connectivity index (χ2n) is 6.05. The van der Waals surface area contributed by atoms with Crippen molar-refractivity contribution < 1.29 is 23.1 Å². The molecule has 29 heavy (non-hydrogen) atoms. The van der Waals surface area contributed by atoms with Gasteiger partial charge in [0.15, 0.2) is 0 Å². The quantitative estimate of drug-likeness (QED) is 0.586. The lowest BCUT2D eigenvalue weighted by atomic mass is 10.1. The molecule has 0 atom stereocenters. The summed E-state index contributed by atoms with van der Waals surface area (Å²) in [5.74, 6) is -0.445. The van der Waals surface area contributed by atoms with E-state index < -0.39 is 29.1 Å². The van der Waals surface area contributed by atoms with Crippen molar-refractivity contribution in [2.45, 2.75) is 12.6 Å². The fourth-order valence-electron chi connectivity index (χ4n) is 2.76. The van der Waals surface area contributed by atoms with Gasteiger partial charge in [-0.2, -0.15) is 17.5 Å². The molecule has 1 N–H and O–H groups in total. The van der Waals surface area contributed by atoms with E-state index in [1.54, 1.807) is 6.07 Å². The Kier molecular flexibility index (Phi) is 5.85. The average Bonchev–Trinajstić information content (AvgIpc) is 3.03. The molecule has 0 saturated carbocycles. The number of thioether (sulfide) groups is 1. The summed E-state index contributed by atoms with van der Waals surface area (Å²) in [4.78, 5) is 35.3. The minimum atomic E-state index is -4.83. The van der Waals surface area contributed by atoms with Crippen molar-refractivity contribution in [3.63, 3.8) is 0 Å². The van der Waals surface area contributed by atoms with Crippen LogP contribution in [0, 0.1) is 0 Å². The maximum absolute atomic E-state index is 13.0. The minimum absolute atomic E-state index is 0.0374. The number of aromatic nitrogens is 3. The van der Waals surface area contributed by atoms with E-state index in [-0.39, 0.29) is 11.4 Å². The first kappa shape index (κ1) is 21.1. The number of fused-ring (bicyclic) bond motifs is 1. The number of aryl methyl sites for hydroxylation is 1. The molecule has 2 heterocycles. The Labute approximate surface area is 169 Å². The lowest BCUT2D eigenvalue weighted by molar-refractivity contribution is -0.144. The van der Waals surface area contributed by atoms with Gasteiger partial charge in [-0.25, -0.2) is 9.36 Å². The summed E-state index contributed by atoms with van der Waals surface area (Å²) in [6, 6.07) is 5.03. The number of benzene rings is 1.